The molecule has 0 saturated heterocycles. The van der Waals surface area contributed by atoms with E-state index in [1.807, 2.05) is 11.9 Å². The lowest BCUT2D eigenvalue weighted by Gasteiger charge is -2.30. The van der Waals surface area contributed by atoms with Gasteiger partial charge in [0.25, 0.3) is 0 Å². The van der Waals surface area contributed by atoms with Gasteiger partial charge in [-0.1, -0.05) is 0 Å². The highest BCUT2D eigenvalue weighted by Gasteiger charge is 2.19. The normalized spacial score (nSPS) is 14.0. The number of carbonyl (C=O) groups excluding carboxylic acids is 2. The molecular formula is C12H14N2O2. The lowest BCUT2D eigenvalue weighted by Crippen LogP contribution is -2.31. The molecule has 0 bridgehead atoms. The van der Waals surface area contributed by atoms with Crippen LogP contribution < -0.4 is 10.2 Å². The maximum atomic E-state index is 11.5. The summed E-state index contributed by atoms with van der Waals surface area (Å²) in [4.78, 5) is 24.4. The molecule has 1 N–H and O–H groups in total. The van der Waals surface area contributed by atoms with Crippen LogP contribution >= 0.6 is 0 Å². The van der Waals surface area contributed by atoms with Crippen molar-refractivity contribution in [3.8, 4) is 0 Å². The molecule has 1 aliphatic heterocycles. The molecular weight excluding hydrogens is 204 g/mol. The van der Waals surface area contributed by atoms with Crippen LogP contribution in [0.5, 0.6) is 0 Å². The third-order valence-corrected chi connectivity index (χ3v) is 2.82. The first-order valence-corrected chi connectivity index (χ1v) is 5.22. The Morgan fingerprint density at radius 3 is 2.88 bits per heavy atom. The van der Waals surface area contributed by atoms with Gasteiger partial charge in [-0.25, -0.2) is 0 Å². The second-order valence-electron chi connectivity index (χ2n) is 3.98. The number of Topliss-reactive ketones (excluding diaryl/α,β-unsaturated/α-hetero) is 1. The van der Waals surface area contributed by atoms with Crippen molar-refractivity contribution in [2.24, 2.45) is 0 Å². The number of aldehydes is 1. The predicted molar refractivity (Wildman–Crippen MR) is 63.6 cm³/mol. The van der Waals surface area contributed by atoms with Crippen molar-refractivity contribution in [1.29, 1.82) is 0 Å². The number of ketones is 1. The van der Waals surface area contributed by atoms with E-state index in [1.165, 1.54) is 6.92 Å². The molecule has 1 aliphatic rings. The van der Waals surface area contributed by atoms with Crippen molar-refractivity contribution in [2.75, 3.05) is 30.4 Å². The largest absolute Gasteiger partial charge is 0.381 e. The Hall–Kier alpha value is -1.84. The Kier molecular flexibility index (Phi) is 2.64. The summed E-state index contributed by atoms with van der Waals surface area (Å²) in [7, 11) is 1.96. The number of nitrogens with zero attached hydrogens (tertiary/aromatic N) is 1. The molecule has 0 radical (unpaired) electrons. The van der Waals surface area contributed by atoms with Gasteiger partial charge in [-0.2, -0.15) is 0 Å². The van der Waals surface area contributed by atoms with Gasteiger partial charge >= 0.3 is 0 Å². The van der Waals surface area contributed by atoms with Gasteiger partial charge < -0.3 is 10.2 Å². The minimum Gasteiger partial charge on any atom is -0.381 e. The van der Waals surface area contributed by atoms with Gasteiger partial charge in [-0.05, 0) is 19.1 Å². The highest BCUT2D eigenvalue weighted by atomic mass is 16.1. The Morgan fingerprint density at radius 2 is 2.25 bits per heavy atom. The van der Waals surface area contributed by atoms with Crippen molar-refractivity contribution in [3.63, 3.8) is 0 Å². The molecule has 2 rings (SSSR count). The van der Waals surface area contributed by atoms with E-state index >= 15 is 0 Å². The molecule has 4 nitrogen and oxygen atoms in total. The van der Waals surface area contributed by atoms with Crippen LogP contribution in [0.1, 0.15) is 27.6 Å². The van der Waals surface area contributed by atoms with E-state index < -0.39 is 0 Å². The molecule has 1 aromatic carbocycles. The topological polar surface area (TPSA) is 49.4 Å². The van der Waals surface area contributed by atoms with Crippen LogP contribution in [-0.4, -0.2) is 32.2 Å². The van der Waals surface area contributed by atoms with Crippen molar-refractivity contribution in [3.05, 3.63) is 23.3 Å². The van der Waals surface area contributed by atoms with Gasteiger partial charge in [0.2, 0.25) is 0 Å². The second kappa shape index (κ2) is 3.96. The minimum absolute atomic E-state index is 0.0252. The van der Waals surface area contributed by atoms with Crippen LogP contribution in [0.25, 0.3) is 0 Å². The zero-order valence-electron chi connectivity index (χ0n) is 9.41. The molecule has 0 aliphatic carbocycles. The number of likely N-dealkylation sites (N-methyl/N-ethyl adjacent to an activating group) is 1. The van der Waals surface area contributed by atoms with Crippen LogP contribution in [-0.2, 0) is 0 Å². The first kappa shape index (κ1) is 10.7. The Morgan fingerprint density at radius 1 is 1.50 bits per heavy atom. The summed E-state index contributed by atoms with van der Waals surface area (Å²) in [5.41, 5.74) is 2.89. The molecule has 0 saturated carbocycles. The molecule has 0 fully saturated rings. The molecule has 1 aromatic rings. The van der Waals surface area contributed by atoms with Crippen LogP contribution in [0.4, 0.5) is 11.4 Å². The summed E-state index contributed by atoms with van der Waals surface area (Å²) in [5, 5.41) is 3.22. The van der Waals surface area contributed by atoms with Crippen molar-refractivity contribution >= 4 is 23.4 Å². The molecule has 0 aromatic heterocycles. The maximum absolute atomic E-state index is 11.5. The Balaban J connectivity index is 2.64. The predicted octanol–water partition coefficient (Wildman–Crippen LogP) is 1.56. The fraction of sp³-hybridized carbons (Fsp3) is 0.333. The van der Waals surface area contributed by atoms with E-state index in [4.69, 9.17) is 0 Å². The van der Waals surface area contributed by atoms with E-state index in [-0.39, 0.29) is 5.78 Å². The monoisotopic (exact) mass is 218 g/mol. The highest BCUT2D eigenvalue weighted by molar-refractivity contribution is 6.04. The summed E-state index contributed by atoms with van der Waals surface area (Å²) in [6.07, 6.45) is 0.773. The molecule has 4 heteroatoms. The average molecular weight is 218 g/mol. The van der Waals surface area contributed by atoms with Crippen molar-refractivity contribution in [2.45, 2.75) is 6.92 Å². The van der Waals surface area contributed by atoms with Gasteiger partial charge in [0.05, 0.1) is 11.4 Å². The van der Waals surface area contributed by atoms with Gasteiger partial charge in [-0.15, -0.1) is 0 Å². The Labute approximate surface area is 94.2 Å². The van der Waals surface area contributed by atoms with Gasteiger partial charge in [-0.3, -0.25) is 9.59 Å². The number of hydrogen-bond acceptors (Lipinski definition) is 4. The average Bonchev–Trinajstić information content (AvgIpc) is 2.28. The number of benzene rings is 1. The number of carbonyl (C=O) groups is 2. The standard InChI is InChI=1S/C12H14N2O2/c1-8(16)10-5-9(7-15)6-11-12(10)13-3-4-14(11)2/h5-7,13H,3-4H2,1-2H3. The molecule has 84 valence electrons. The number of anilines is 2. The number of rotatable bonds is 2. The number of nitrogens with one attached hydrogen (secondary N) is 1. The molecule has 16 heavy (non-hydrogen) atoms. The molecule has 0 atom stereocenters. The minimum atomic E-state index is -0.0252. The van der Waals surface area contributed by atoms with E-state index in [1.54, 1.807) is 12.1 Å². The third-order valence-electron chi connectivity index (χ3n) is 2.82. The first-order valence-electron chi connectivity index (χ1n) is 5.22. The number of fused-ring (bicyclic) bond motifs is 1. The van der Waals surface area contributed by atoms with E-state index in [0.717, 1.165) is 30.8 Å². The van der Waals surface area contributed by atoms with Crippen LogP contribution in [0.3, 0.4) is 0 Å². The lowest BCUT2D eigenvalue weighted by atomic mass is 10.0. The van der Waals surface area contributed by atoms with E-state index in [9.17, 15) is 9.59 Å². The summed E-state index contributed by atoms with van der Waals surface area (Å²) < 4.78 is 0. The first-order chi connectivity index (χ1) is 7.63. The maximum Gasteiger partial charge on any atom is 0.161 e. The van der Waals surface area contributed by atoms with Crippen molar-refractivity contribution in [1.82, 2.24) is 0 Å². The summed E-state index contributed by atoms with van der Waals surface area (Å²) in [6, 6.07) is 3.45. The van der Waals surface area contributed by atoms with Crippen LogP contribution in [0.15, 0.2) is 12.1 Å². The summed E-state index contributed by atoms with van der Waals surface area (Å²) in [5.74, 6) is -0.0252. The summed E-state index contributed by atoms with van der Waals surface area (Å²) >= 11 is 0. The highest BCUT2D eigenvalue weighted by Crippen LogP contribution is 2.32. The van der Waals surface area contributed by atoms with Gasteiger partial charge in [0.15, 0.2) is 5.78 Å². The zero-order chi connectivity index (χ0) is 11.7. The van der Waals surface area contributed by atoms with Gasteiger partial charge in [0, 0.05) is 31.3 Å². The smallest absolute Gasteiger partial charge is 0.161 e. The second-order valence-corrected chi connectivity index (χ2v) is 3.98. The van der Waals surface area contributed by atoms with Crippen LogP contribution in [0, 0.1) is 0 Å². The summed E-state index contributed by atoms with van der Waals surface area (Å²) in [6.45, 7) is 3.19. The van der Waals surface area contributed by atoms with Crippen molar-refractivity contribution < 1.29 is 9.59 Å². The van der Waals surface area contributed by atoms with Crippen LogP contribution in [0.2, 0.25) is 0 Å². The van der Waals surface area contributed by atoms with E-state index in [0.29, 0.717) is 11.1 Å². The fourth-order valence-corrected chi connectivity index (χ4v) is 1.95. The molecule has 0 spiro atoms. The lowest BCUT2D eigenvalue weighted by molar-refractivity contribution is 0.101. The van der Waals surface area contributed by atoms with Gasteiger partial charge in [0.1, 0.15) is 6.29 Å². The molecule has 0 amide bonds. The quantitative estimate of drug-likeness (QED) is 0.604. The fourth-order valence-electron chi connectivity index (χ4n) is 1.95. The molecule has 0 unspecified atom stereocenters. The third kappa shape index (κ3) is 1.66. The Bertz CT molecular complexity index is 455. The molecule has 1 heterocycles. The SMILES string of the molecule is CC(=O)c1cc(C=O)cc2c1NCCN2C. The number of hydrogen-bond donors (Lipinski definition) is 1. The van der Waals surface area contributed by atoms with E-state index in [2.05, 4.69) is 5.32 Å². The zero-order valence-corrected chi connectivity index (χ0v) is 9.41.